The van der Waals surface area contributed by atoms with Crippen LogP contribution in [0.25, 0.3) is 0 Å². The van der Waals surface area contributed by atoms with Gasteiger partial charge in [-0.2, -0.15) is 0 Å². The Labute approximate surface area is 374 Å². The number of nitrogens with zero attached hydrogens (tertiary/aromatic N) is 1. The third kappa shape index (κ3) is 44.8. The van der Waals surface area contributed by atoms with Gasteiger partial charge in [0.25, 0.3) is 0 Å². The molecule has 8 nitrogen and oxygen atoms in total. The molecule has 0 bridgehead atoms. The van der Waals surface area contributed by atoms with E-state index in [0.29, 0.717) is 17.4 Å². The van der Waals surface area contributed by atoms with Crippen LogP contribution in [0.3, 0.4) is 0 Å². The first-order valence-corrected chi connectivity index (χ1v) is 24.9. The number of aliphatic hydroxyl groups excluding tert-OH is 1. The average molecular weight is 868 g/mol. The van der Waals surface area contributed by atoms with Crippen LogP contribution >= 0.6 is 7.82 Å². The van der Waals surface area contributed by atoms with E-state index in [1.54, 1.807) is 6.08 Å². The summed E-state index contributed by atoms with van der Waals surface area (Å²) in [6, 6.07) is -0.888. The number of aliphatic hydroxyl groups is 1. The van der Waals surface area contributed by atoms with Gasteiger partial charge in [-0.1, -0.05) is 167 Å². The minimum absolute atomic E-state index is 0.0417. The number of rotatable bonds is 40. The number of allylic oxidation sites excluding steroid dienone is 19. The van der Waals surface area contributed by atoms with Crippen molar-refractivity contribution in [1.29, 1.82) is 0 Å². The van der Waals surface area contributed by atoms with Crippen LogP contribution in [0.4, 0.5) is 0 Å². The van der Waals surface area contributed by atoms with Crippen molar-refractivity contribution in [3.63, 3.8) is 0 Å². The lowest BCUT2D eigenvalue weighted by atomic mass is 10.1. The summed E-state index contributed by atoms with van der Waals surface area (Å²) >= 11 is 0. The van der Waals surface area contributed by atoms with Gasteiger partial charge >= 0.3 is 7.82 Å². The third-order valence-electron chi connectivity index (χ3n) is 9.39. The number of carbonyl (C=O) groups excluding carboxylic acids is 1. The molecule has 0 fully saturated rings. The molecule has 0 aliphatic rings. The standard InChI is InChI=1S/C52H87N2O6P/c1-6-8-10-12-14-16-18-20-21-22-23-24-25-26-27-28-29-30-31-32-33-34-36-38-40-42-44-46-52(56)53-50(49-60-61(57,58)59-48-47-54(3,4)5)51(55)45-43-41-39-37-35-19-17-15-13-11-9-7-2/h8,10,13-16,20-21,23-24,26-27,29-30,32-33,35,37,43,45,50-51,55H,6-7,9,11-12,17-19,22,25,28,31,34,36,38-42,44,46-49H2,1-5H3,(H-,53,56,57,58)/p+1/b10-8-,15-13+,16-14-,21-20-,24-23-,27-26-,30-29-,33-32-,37-35+,45-43+. The number of nitrogens with one attached hydrogen (secondary N) is 1. The molecule has 0 aliphatic heterocycles. The largest absolute Gasteiger partial charge is 0.472 e. The lowest BCUT2D eigenvalue weighted by Crippen LogP contribution is -2.45. The van der Waals surface area contributed by atoms with E-state index in [-0.39, 0.29) is 19.1 Å². The van der Waals surface area contributed by atoms with Crippen LogP contribution in [0.5, 0.6) is 0 Å². The Hall–Kier alpha value is -3.10. The summed E-state index contributed by atoms with van der Waals surface area (Å²) in [4.78, 5) is 23.1. The molecule has 0 heterocycles. The molecule has 0 radical (unpaired) electrons. The molecule has 1 amide bonds. The number of quaternary nitrogens is 1. The van der Waals surface area contributed by atoms with Crippen molar-refractivity contribution in [1.82, 2.24) is 5.32 Å². The first kappa shape index (κ1) is 57.9. The van der Waals surface area contributed by atoms with Gasteiger partial charge in [-0.05, 0) is 96.3 Å². The zero-order valence-corrected chi connectivity index (χ0v) is 40.0. The average Bonchev–Trinajstić information content (AvgIpc) is 3.21. The third-order valence-corrected chi connectivity index (χ3v) is 10.4. The molecule has 0 rings (SSSR count). The Morgan fingerprint density at radius 3 is 1.51 bits per heavy atom. The lowest BCUT2D eigenvalue weighted by molar-refractivity contribution is -0.870. The quantitative estimate of drug-likeness (QED) is 0.0245. The monoisotopic (exact) mass is 868 g/mol. The van der Waals surface area contributed by atoms with E-state index in [9.17, 15) is 19.4 Å². The van der Waals surface area contributed by atoms with E-state index in [2.05, 4.69) is 129 Å². The van der Waals surface area contributed by atoms with Crippen LogP contribution in [0, 0.1) is 0 Å². The van der Waals surface area contributed by atoms with E-state index >= 15 is 0 Å². The summed E-state index contributed by atoms with van der Waals surface area (Å²) in [6.45, 7) is 4.56. The normalized spacial score (nSPS) is 15.3. The van der Waals surface area contributed by atoms with Gasteiger partial charge in [-0.3, -0.25) is 13.8 Å². The Morgan fingerprint density at radius 1 is 0.574 bits per heavy atom. The number of hydrogen-bond donors (Lipinski definition) is 3. The van der Waals surface area contributed by atoms with Gasteiger partial charge in [0.2, 0.25) is 5.91 Å². The predicted molar refractivity (Wildman–Crippen MR) is 262 cm³/mol. The minimum atomic E-state index is -4.36. The van der Waals surface area contributed by atoms with Gasteiger partial charge in [-0.15, -0.1) is 0 Å². The van der Waals surface area contributed by atoms with Crippen molar-refractivity contribution in [3.8, 4) is 0 Å². The first-order valence-electron chi connectivity index (χ1n) is 23.4. The summed E-state index contributed by atoms with van der Waals surface area (Å²) in [5.74, 6) is -0.219. The summed E-state index contributed by atoms with van der Waals surface area (Å²) in [5, 5.41) is 13.8. The second-order valence-electron chi connectivity index (χ2n) is 16.4. The number of likely N-dealkylation sites (N-methyl/N-ethyl adjacent to an activating group) is 1. The zero-order valence-electron chi connectivity index (χ0n) is 39.1. The lowest BCUT2D eigenvalue weighted by Gasteiger charge is -2.25. The molecule has 0 aromatic carbocycles. The SMILES string of the molecule is CC/C=C\C/C=C\C/C=C\C/C=C\C/C=C\C/C=C\C/C=C\CCCCCCCC(=O)NC(COP(=O)(O)OCC[N+](C)(C)C)C(O)/C=C/CC/C=C/CC/C=C/CCCC. The fourth-order valence-electron chi connectivity index (χ4n) is 5.68. The summed E-state index contributed by atoms with van der Waals surface area (Å²) in [6.07, 6.45) is 62.8. The van der Waals surface area contributed by atoms with Gasteiger partial charge in [0.15, 0.2) is 0 Å². The highest BCUT2D eigenvalue weighted by Gasteiger charge is 2.27. The first-order chi connectivity index (χ1) is 29.5. The van der Waals surface area contributed by atoms with Crippen molar-refractivity contribution in [2.75, 3.05) is 40.9 Å². The number of phosphoric ester groups is 1. The minimum Gasteiger partial charge on any atom is -0.387 e. The molecule has 3 unspecified atom stereocenters. The molecule has 0 aromatic heterocycles. The van der Waals surface area contributed by atoms with E-state index < -0.39 is 20.0 Å². The van der Waals surface area contributed by atoms with Gasteiger partial charge in [-0.25, -0.2) is 4.57 Å². The van der Waals surface area contributed by atoms with Gasteiger partial charge < -0.3 is 19.8 Å². The molecule has 0 saturated carbocycles. The van der Waals surface area contributed by atoms with Crippen molar-refractivity contribution >= 4 is 13.7 Å². The van der Waals surface area contributed by atoms with Crippen molar-refractivity contribution < 1.29 is 32.9 Å². The highest BCUT2D eigenvalue weighted by Crippen LogP contribution is 2.43. The molecule has 61 heavy (non-hydrogen) atoms. The Morgan fingerprint density at radius 2 is 1.00 bits per heavy atom. The Kier molecular flexibility index (Phi) is 40.1. The van der Waals surface area contributed by atoms with Crippen molar-refractivity contribution in [2.45, 2.75) is 161 Å². The second kappa shape index (κ2) is 42.2. The molecular weight excluding hydrogens is 780 g/mol. The van der Waals surface area contributed by atoms with Gasteiger partial charge in [0, 0.05) is 6.42 Å². The zero-order chi connectivity index (χ0) is 45.0. The van der Waals surface area contributed by atoms with Gasteiger partial charge in [0.1, 0.15) is 13.2 Å². The number of hydrogen-bond acceptors (Lipinski definition) is 5. The Balaban J connectivity index is 4.40. The van der Waals surface area contributed by atoms with Gasteiger partial charge in [0.05, 0.1) is 39.9 Å². The molecular formula is C52H88N2O6P+. The van der Waals surface area contributed by atoms with E-state index in [0.717, 1.165) is 116 Å². The van der Waals surface area contributed by atoms with E-state index in [1.165, 1.54) is 12.8 Å². The number of phosphoric acid groups is 1. The summed E-state index contributed by atoms with van der Waals surface area (Å²) in [7, 11) is 1.51. The van der Waals surface area contributed by atoms with Crippen LogP contribution < -0.4 is 5.32 Å². The van der Waals surface area contributed by atoms with E-state index in [1.807, 2.05) is 27.2 Å². The highest BCUT2D eigenvalue weighted by atomic mass is 31.2. The van der Waals surface area contributed by atoms with Crippen LogP contribution in [0.1, 0.15) is 149 Å². The maximum absolute atomic E-state index is 12.9. The summed E-state index contributed by atoms with van der Waals surface area (Å²) < 4.78 is 23.5. The molecule has 3 atom stereocenters. The molecule has 3 N–H and O–H groups in total. The molecule has 0 aliphatic carbocycles. The maximum atomic E-state index is 12.9. The number of carbonyl (C=O) groups is 1. The molecule has 0 aromatic rings. The van der Waals surface area contributed by atoms with Crippen LogP contribution in [0.2, 0.25) is 0 Å². The molecule has 346 valence electrons. The molecule has 0 spiro atoms. The predicted octanol–water partition coefficient (Wildman–Crippen LogP) is 13.5. The fraction of sp³-hybridized carbons (Fsp3) is 0.596. The van der Waals surface area contributed by atoms with Crippen LogP contribution in [-0.2, 0) is 18.4 Å². The fourth-order valence-corrected chi connectivity index (χ4v) is 6.42. The van der Waals surface area contributed by atoms with Crippen LogP contribution in [-0.4, -0.2) is 73.4 Å². The molecule has 9 heteroatoms. The van der Waals surface area contributed by atoms with E-state index in [4.69, 9.17) is 9.05 Å². The number of unbranched alkanes of at least 4 members (excludes halogenated alkanes) is 9. The second-order valence-corrected chi connectivity index (χ2v) is 17.8. The molecule has 0 saturated heterocycles. The Bertz CT molecular complexity index is 1400. The highest BCUT2D eigenvalue weighted by molar-refractivity contribution is 7.47. The van der Waals surface area contributed by atoms with Crippen LogP contribution in [0.15, 0.2) is 122 Å². The van der Waals surface area contributed by atoms with Crippen molar-refractivity contribution in [2.24, 2.45) is 0 Å². The smallest absolute Gasteiger partial charge is 0.387 e. The topological polar surface area (TPSA) is 105 Å². The summed E-state index contributed by atoms with van der Waals surface area (Å²) in [5.41, 5.74) is 0. The maximum Gasteiger partial charge on any atom is 0.472 e. The number of amides is 1. The van der Waals surface area contributed by atoms with Crippen molar-refractivity contribution in [3.05, 3.63) is 122 Å².